The third-order valence-corrected chi connectivity index (χ3v) is 4.13. The summed E-state index contributed by atoms with van der Waals surface area (Å²) in [6.07, 6.45) is 0. The van der Waals surface area contributed by atoms with Crippen molar-refractivity contribution in [1.29, 1.82) is 0 Å². The van der Waals surface area contributed by atoms with E-state index < -0.39 is 0 Å². The molecule has 2 aromatic carbocycles. The summed E-state index contributed by atoms with van der Waals surface area (Å²) in [4.78, 5) is 2.43. The van der Waals surface area contributed by atoms with Crippen molar-refractivity contribution >= 4 is 17.3 Å². The first-order valence-electron chi connectivity index (χ1n) is 7.67. The Labute approximate surface area is 136 Å². The largest absolute Gasteiger partial charge is 0.381 e. The van der Waals surface area contributed by atoms with E-state index in [2.05, 4.69) is 34.5 Å². The molecule has 4 heteroatoms. The summed E-state index contributed by atoms with van der Waals surface area (Å²) in [5.74, 6) is 0. The third-order valence-electron chi connectivity index (χ3n) is 3.87. The summed E-state index contributed by atoms with van der Waals surface area (Å²) in [6.45, 7) is 5.55. The number of morpholine rings is 1. The van der Waals surface area contributed by atoms with Crippen molar-refractivity contribution in [3.05, 3.63) is 64.7 Å². The molecule has 3 rings (SSSR count). The third kappa shape index (κ3) is 4.47. The van der Waals surface area contributed by atoms with Crippen LogP contribution in [0.4, 0.5) is 5.69 Å². The first-order valence-corrected chi connectivity index (χ1v) is 8.05. The minimum atomic E-state index is 0.774. The molecule has 22 heavy (non-hydrogen) atoms. The van der Waals surface area contributed by atoms with Gasteiger partial charge in [0.15, 0.2) is 0 Å². The molecule has 1 saturated heterocycles. The molecule has 1 aliphatic heterocycles. The Bertz CT molecular complexity index is 577. The minimum Gasteiger partial charge on any atom is -0.381 e. The van der Waals surface area contributed by atoms with Gasteiger partial charge in [-0.3, -0.25) is 4.90 Å². The predicted molar refractivity (Wildman–Crippen MR) is 91.3 cm³/mol. The molecule has 0 radical (unpaired) electrons. The average molecular weight is 317 g/mol. The number of nitrogens with one attached hydrogen (secondary N) is 1. The van der Waals surface area contributed by atoms with E-state index in [4.69, 9.17) is 16.3 Å². The number of rotatable bonds is 5. The summed E-state index contributed by atoms with van der Waals surface area (Å²) in [6, 6.07) is 16.6. The van der Waals surface area contributed by atoms with Gasteiger partial charge in [-0.05, 0) is 35.4 Å². The molecule has 1 heterocycles. The van der Waals surface area contributed by atoms with E-state index in [-0.39, 0.29) is 0 Å². The zero-order valence-electron chi connectivity index (χ0n) is 12.6. The van der Waals surface area contributed by atoms with Gasteiger partial charge >= 0.3 is 0 Å². The van der Waals surface area contributed by atoms with Crippen molar-refractivity contribution in [2.75, 3.05) is 31.6 Å². The molecule has 0 unspecified atom stereocenters. The van der Waals surface area contributed by atoms with Crippen molar-refractivity contribution in [1.82, 2.24) is 4.90 Å². The Kier molecular flexibility index (Phi) is 5.33. The number of halogens is 1. The number of hydrogen-bond donors (Lipinski definition) is 1. The van der Waals surface area contributed by atoms with Gasteiger partial charge < -0.3 is 10.1 Å². The molecule has 0 atom stereocenters. The topological polar surface area (TPSA) is 24.5 Å². The zero-order chi connectivity index (χ0) is 15.2. The van der Waals surface area contributed by atoms with Crippen LogP contribution in [0.25, 0.3) is 0 Å². The summed E-state index contributed by atoms with van der Waals surface area (Å²) >= 11 is 5.89. The van der Waals surface area contributed by atoms with Gasteiger partial charge in [0.2, 0.25) is 0 Å². The number of anilines is 1. The molecule has 1 N–H and O–H groups in total. The van der Waals surface area contributed by atoms with Crippen LogP contribution >= 0.6 is 11.6 Å². The highest BCUT2D eigenvalue weighted by molar-refractivity contribution is 6.30. The quantitative estimate of drug-likeness (QED) is 0.908. The number of ether oxygens (including phenoxy) is 1. The fourth-order valence-corrected chi connectivity index (χ4v) is 2.68. The zero-order valence-corrected chi connectivity index (χ0v) is 13.4. The fourth-order valence-electron chi connectivity index (χ4n) is 2.55. The molecule has 2 aromatic rings. The summed E-state index contributed by atoms with van der Waals surface area (Å²) < 4.78 is 5.38. The highest BCUT2D eigenvalue weighted by Gasteiger charge is 2.10. The van der Waals surface area contributed by atoms with Gasteiger partial charge in [0.05, 0.1) is 13.2 Å². The highest BCUT2D eigenvalue weighted by atomic mass is 35.5. The molecular weight excluding hydrogens is 296 g/mol. The van der Waals surface area contributed by atoms with Crippen LogP contribution in [-0.2, 0) is 17.8 Å². The second kappa shape index (κ2) is 7.63. The van der Waals surface area contributed by atoms with Gasteiger partial charge in [-0.1, -0.05) is 35.9 Å². The number of nitrogens with zero attached hydrogens (tertiary/aromatic N) is 1. The lowest BCUT2D eigenvalue weighted by atomic mass is 10.1. The highest BCUT2D eigenvalue weighted by Crippen LogP contribution is 2.15. The van der Waals surface area contributed by atoms with Crippen LogP contribution in [-0.4, -0.2) is 31.2 Å². The molecular formula is C18H21ClN2O. The lowest BCUT2D eigenvalue weighted by molar-refractivity contribution is 0.0342. The standard InChI is InChI=1S/C18H21ClN2O/c19-17-5-1-15(2-6-17)13-20-18-7-3-16(4-8-18)14-21-9-11-22-12-10-21/h1-8,20H,9-14H2. The van der Waals surface area contributed by atoms with Gasteiger partial charge in [0.1, 0.15) is 0 Å². The molecule has 0 saturated carbocycles. The van der Waals surface area contributed by atoms with Gasteiger partial charge in [0, 0.05) is 36.9 Å². The monoisotopic (exact) mass is 316 g/mol. The van der Waals surface area contributed by atoms with Crippen LogP contribution < -0.4 is 5.32 Å². The van der Waals surface area contributed by atoms with Gasteiger partial charge in [-0.25, -0.2) is 0 Å². The Balaban J connectivity index is 1.51. The Hall–Kier alpha value is -1.55. The number of benzene rings is 2. The summed E-state index contributed by atoms with van der Waals surface area (Å²) in [5.41, 5.74) is 3.71. The van der Waals surface area contributed by atoms with E-state index in [0.29, 0.717) is 0 Å². The lowest BCUT2D eigenvalue weighted by Crippen LogP contribution is -2.35. The van der Waals surface area contributed by atoms with Gasteiger partial charge in [-0.15, -0.1) is 0 Å². The molecule has 0 spiro atoms. The predicted octanol–water partition coefficient (Wildman–Crippen LogP) is 3.78. The van der Waals surface area contributed by atoms with Crippen molar-refractivity contribution in [2.45, 2.75) is 13.1 Å². The summed E-state index contributed by atoms with van der Waals surface area (Å²) in [5, 5.41) is 4.21. The molecule has 3 nitrogen and oxygen atoms in total. The maximum atomic E-state index is 5.89. The van der Waals surface area contributed by atoms with Crippen molar-refractivity contribution in [3.63, 3.8) is 0 Å². The van der Waals surface area contributed by atoms with E-state index in [1.165, 1.54) is 11.1 Å². The maximum Gasteiger partial charge on any atom is 0.0594 e. The lowest BCUT2D eigenvalue weighted by Gasteiger charge is -2.26. The van der Waals surface area contributed by atoms with Crippen molar-refractivity contribution < 1.29 is 4.74 Å². The van der Waals surface area contributed by atoms with E-state index in [1.807, 2.05) is 24.3 Å². The minimum absolute atomic E-state index is 0.774. The fraction of sp³-hybridized carbons (Fsp3) is 0.333. The molecule has 1 fully saturated rings. The smallest absolute Gasteiger partial charge is 0.0594 e. The molecule has 0 amide bonds. The number of hydrogen-bond acceptors (Lipinski definition) is 3. The van der Waals surface area contributed by atoms with Gasteiger partial charge in [-0.2, -0.15) is 0 Å². The first kappa shape index (κ1) is 15.3. The van der Waals surface area contributed by atoms with Crippen LogP contribution in [0.2, 0.25) is 5.02 Å². The van der Waals surface area contributed by atoms with Crippen LogP contribution in [0.5, 0.6) is 0 Å². The van der Waals surface area contributed by atoms with Crippen LogP contribution in [0.3, 0.4) is 0 Å². The van der Waals surface area contributed by atoms with Crippen LogP contribution in [0, 0.1) is 0 Å². The Morgan fingerprint density at radius 3 is 2.23 bits per heavy atom. The van der Waals surface area contributed by atoms with Gasteiger partial charge in [0.25, 0.3) is 0 Å². The first-order chi connectivity index (χ1) is 10.8. The second-order valence-electron chi connectivity index (χ2n) is 5.57. The second-order valence-corrected chi connectivity index (χ2v) is 6.00. The summed E-state index contributed by atoms with van der Waals surface area (Å²) in [7, 11) is 0. The van der Waals surface area contributed by atoms with E-state index in [1.54, 1.807) is 0 Å². The van der Waals surface area contributed by atoms with E-state index >= 15 is 0 Å². The van der Waals surface area contributed by atoms with Crippen molar-refractivity contribution in [2.24, 2.45) is 0 Å². The Morgan fingerprint density at radius 1 is 0.909 bits per heavy atom. The molecule has 116 valence electrons. The van der Waals surface area contributed by atoms with Crippen molar-refractivity contribution in [3.8, 4) is 0 Å². The molecule has 1 aliphatic rings. The van der Waals surface area contributed by atoms with E-state index in [0.717, 1.165) is 50.1 Å². The maximum absolute atomic E-state index is 5.89. The normalized spacial score (nSPS) is 15.7. The SMILES string of the molecule is Clc1ccc(CNc2ccc(CN3CCOCC3)cc2)cc1. The average Bonchev–Trinajstić information content (AvgIpc) is 2.57. The Morgan fingerprint density at radius 2 is 1.55 bits per heavy atom. The van der Waals surface area contributed by atoms with E-state index in [9.17, 15) is 0 Å². The molecule has 0 bridgehead atoms. The molecule has 0 aliphatic carbocycles. The molecule has 0 aromatic heterocycles. The van der Waals surface area contributed by atoms with Crippen LogP contribution in [0.1, 0.15) is 11.1 Å². The van der Waals surface area contributed by atoms with Crippen LogP contribution in [0.15, 0.2) is 48.5 Å².